The Balaban J connectivity index is 1.53. The fourth-order valence-electron chi connectivity index (χ4n) is 3.06. The first kappa shape index (κ1) is 15.0. The van der Waals surface area contributed by atoms with Crippen LogP contribution in [0.5, 0.6) is 0 Å². The van der Waals surface area contributed by atoms with Crippen LogP contribution in [0.25, 0.3) is 11.0 Å². The van der Waals surface area contributed by atoms with E-state index < -0.39 is 0 Å². The molecule has 0 unspecified atom stereocenters. The molecule has 3 aromatic rings. The second-order valence-electron chi connectivity index (χ2n) is 6.23. The number of fused-ring (bicyclic) bond motifs is 1. The number of hydrogen-bond donors (Lipinski definition) is 0. The van der Waals surface area contributed by atoms with E-state index in [-0.39, 0.29) is 0 Å². The number of nitrogens with zero attached hydrogens (tertiary/aromatic N) is 5. The average molecular weight is 319 g/mol. The summed E-state index contributed by atoms with van der Waals surface area (Å²) < 4.78 is 0. The Kier molecular flexibility index (Phi) is 3.84. The summed E-state index contributed by atoms with van der Waals surface area (Å²) in [6.07, 6.45) is 3.73. The van der Waals surface area contributed by atoms with Gasteiger partial charge in [-0.1, -0.05) is 26.0 Å². The summed E-state index contributed by atoms with van der Waals surface area (Å²) in [6, 6.07) is 10.1. The minimum atomic E-state index is 0.423. The lowest BCUT2D eigenvalue weighted by Crippen LogP contribution is -2.46. The van der Waals surface area contributed by atoms with Gasteiger partial charge in [-0.15, -0.1) is 0 Å². The normalized spacial score (nSPS) is 14.8. The van der Waals surface area contributed by atoms with Crippen LogP contribution in [-0.2, 0) is 12.8 Å². The highest BCUT2D eigenvalue weighted by atomic mass is 15.2. The third-order valence-corrected chi connectivity index (χ3v) is 4.58. The van der Waals surface area contributed by atoms with Crippen LogP contribution in [-0.4, -0.2) is 33.0 Å². The Morgan fingerprint density at radius 2 is 1.79 bits per heavy atom. The summed E-state index contributed by atoms with van der Waals surface area (Å²) in [5, 5.41) is 0. The molecule has 1 saturated heterocycles. The standard InChI is InChI=1S/C19H21N5/c1-3-14-9-19(23-18(4-2)21-14)24-11-13(12-24)17-10-20-15-7-5-6-8-16(15)22-17/h5-10,13H,3-4,11-12H2,1-2H3. The molecule has 2 aromatic heterocycles. The van der Waals surface area contributed by atoms with E-state index in [9.17, 15) is 0 Å². The Bertz CT molecular complexity index is 848. The molecule has 1 aliphatic rings. The van der Waals surface area contributed by atoms with Gasteiger partial charge in [0.2, 0.25) is 0 Å². The number of hydrogen-bond acceptors (Lipinski definition) is 5. The zero-order valence-electron chi connectivity index (χ0n) is 14.1. The van der Waals surface area contributed by atoms with E-state index in [1.165, 1.54) is 0 Å². The van der Waals surface area contributed by atoms with E-state index in [0.717, 1.165) is 60.0 Å². The average Bonchev–Trinajstić information content (AvgIpc) is 2.60. The minimum absolute atomic E-state index is 0.423. The fourth-order valence-corrected chi connectivity index (χ4v) is 3.06. The van der Waals surface area contributed by atoms with Gasteiger partial charge in [-0.3, -0.25) is 4.98 Å². The molecule has 0 amide bonds. The van der Waals surface area contributed by atoms with Crippen molar-refractivity contribution < 1.29 is 0 Å². The van der Waals surface area contributed by atoms with Crippen LogP contribution in [0, 0.1) is 0 Å². The van der Waals surface area contributed by atoms with Crippen molar-refractivity contribution in [3.8, 4) is 0 Å². The molecule has 24 heavy (non-hydrogen) atoms. The van der Waals surface area contributed by atoms with E-state index >= 15 is 0 Å². The number of anilines is 1. The van der Waals surface area contributed by atoms with Gasteiger partial charge in [-0.25, -0.2) is 15.0 Å². The number of benzene rings is 1. The van der Waals surface area contributed by atoms with E-state index in [4.69, 9.17) is 4.98 Å². The van der Waals surface area contributed by atoms with Crippen LogP contribution in [0.2, 0.25) is 0 Å². The maximum Gasteiger partial charge on any atom is 0.132 e. The van der Waals surface area contributed by atoms with Crippen LogP contribution in [0.15, 0.2) is 36.5 Å². The van der Waals surface area contributed by atoms with Crippen LogP contribution >= 0.6 is 0 Å². The van der Waals surface area contributed by atoms with Crippen molar-refractivity contribution in [2.75, 3.05) is 18.0 Å². The van der Waals surface area contributed by atoms with Crippen LogP contribution < -0.4 is 4.90 Å². The molecular weight excluding hydrogens is 298 g/mol. The summed E-state index contributed by atoms with van der Waals surface area (Å²) in [5.74, 6) is 2.40. The monoisotopic (exact) mass is 319 g/mol. The number of para-hydroxylation sites is 2. The second-order valence-corrected chi connectivity index (χ2v) is 6.23. The molecule has 1 aromatic carbocycles. The second kappa shape index (κ2) is 6.15. The molecule has 0 saturated carbocycles. The third-order valence-electron chi connectivity index (χ3n) is 4.58. The summed E-state index contributed by atoms with van der Waals surface area (Å²) in [4.78, 5) is 20.8. The van der Waals surface area contributed by atoms with Crippen molar-refractivity contribution in [2.45, 2.75) is 32.6 Å². The first-order valence-electron chi connectivity index (χ1n) is 8.60. The lowest BCUT2D eigenvalue weighted by molar-refractivity contribution is 0.507. The zero-order valence-corrected chi connectivity index (χ0v) is 14.1. The molecule has 4 rings (SSSR count). The zero-order chi connectivity index (χ0) is 16.5. The molecule has 0 spiro atoms. The van der Waals surface area contributed by atoms with Crippen molar-refractivity contribution in [1.82, 2.24) is 19.9 Å². The molecule has 0 aliphatic carbocycles. The molecule has 5 nitrogen and oxygen atoms in total. The summed E-state index contributed by atoms with van der Waals surface area (Å²) >= 11 is 0. The Morgan fingerprint density at radius 3 is 2.54 bits per heavy atom. The lowest BCUT2D eigenvalue weighted by Gasteiger charge is -2.39. The molecule has 1 fully saturated rings. The Labute approximate surface area is 141 Å². The molecule has 3 heterocycles. The first-order chi connectivity index (χ1) is 11.8. The predicted octanol–water partition coefficient (Wildman–Crippen LogP) is 3.15. The Hall–Kier alpha value is -2.56. The molecule has 0 N–H and O–H groups in total. The lowest BCUT2D eigenvalue weighted by atomic mass is 9.96. The number of rotatable bonds is 4. The van der Waals surface area contributed by atoms with E-state index in [2.05, 4.69) is 39.8 Å². The molecule has 0 atom stereocenters. The van der Waals surface area contributed by atoms with Crippen molar-refractivity contribution >= 4 is 16.9 Å². The van der Waals surface area contributed by atoms with Gasteiger partial charge in [0.25, 0.3) is 0 Å². The van der Waals surface area contributed by atoms with Gasteiger partial charge in [0, 0.05) is 43.4 Å². The van der Waals surface area contributed by atoms with Gasteiger partial charge in [-0.05, 0) is 18.6 Å². The third kappa shape index (κ3) is 2.70. The van der Waals surface area contributed by atoms with Gasteiger partial charge < -0.3 is 4.90 Å². The SMILES string of the molecule is CCc1cc(N2CC(c3cnc4ccccc4n3)C2)nc(CC)n1. The van der Waals surface area contributed by atoms with E-state index in [0.29, 0.717) is 5.92 Å². The molecule has 5 heteroatoms. The molecule has 0 radical (unpaired) electrons. The maximum atomic E-state index is 4.77. The highest BCUT2D eigenvalue weighted by Gasteiger charge is 2.31. The van der Waals surface area contributed by atoms with Crippen molar-refractivity contribution in [3.63, 3.8) is 0 Å². The minimum Gasteiger partial charge on any atom is -0.355 e. The van der Waals surface area contributed by atoms with Gasteiger partial charge in [0.15, 0.2) is 0 Å². The quantitative estimate of drug-likeness (QED) is 0.739. The summed E-state index contributed by atoms with van der Waals surface area (Å²) in [6.45, 7) is 6.12. The highest BCUT2D eigenvalue weighted by molar-refractivity contribution is 5.73. The van der Waals surface area contributed by atoms with Crippen LogP contribution in [0.4, 0.5) is 5.82 Å². The molecular formula is C19H21N5. The van der Waals surface area contributed by atoms with Crippen LogP contribution in [0.1, 0.15) is 37.0 Å². The predicted molar refractivity (Wildman–Crippen MR) is 95.3 cm³/mol. The van der Waals surface area contributed by atoms with Crippen molar-refractivity contribution in [2.24, 2.45) is 0 Å². The fraction of sp³-hybridized carbons (Fsp3) is 0.368. The van der Waals surface area contributed by atoms with Gasteiger partial charge in [0.1, 0.15) is 11.6 Å². The topological polar surface area (TPSA) is 54.8 Å². The smallest absolute Gasteiger partial charge is 0.132 e. The maximum absolute atomic E-state index is 4.77. The summed E-state index contributed by atoms with van der Waals surface area (Å²) in [7, 11) is 0. The number of aryl methyl sites for hydroxylation is 2. The first-order valence-corrected chi connectivity index (χ1v) is 8.60. The van der Waals surface area contributed by atoms with Crippen LogP contribution in [0.3, 0.4) is 0 Å². The highest BCUT2D eigenvalue weighted by Crippen LogP contribution is 2.30. The van der Waals surface area contributed by atoms with E-state index in [1.54, 1.807) is 0 Å². The van der Waals surface area contributed by atoms with Gasteiger partial charge in [-0.2, -0.15) is 0 Å². The number of aromatic nitrogens is 4. The van der Waals surface area contributed by atoms with Gasteiger partial charge in [0.05, 0.1) is 16.7 Å². The Morgan fingerprint density at radius 1 is 1.00 bits per heavy atom. The molecule has 0 bridgehead atoms. The van der Waals surface area contributed by atoms with Gasteiger partial charge >= 0.3 is 0 Å². The van der Waals surface area contributed by atoms with E-state index in [1.807, 2.05) is 30.5 Å². The molecule has 1 aliphatic heterocycles. The van der Waals surface area contributed by atoms with Crippen molar-refractivity contribution in [3.05, 3.63) is 53.7 Å². The summed E-state index contributed by atoms with van der Waals surface area (Å²) in [5.41, 5.74) is 4.11. The van der Waals surface area contributed by atoms with Crippen molar-refractivity contribution in [1.29, 1.82) is 0 Å². The molecule has 122 valence electrons. The largest absolute Gasteiger partial charge is 0.355 e.